The Morgan fingerprint density at radius 1 is 1.36 bits per heavy atom. The van der Waals surface area contributed by atoms with Crippen LogP contribution in [0.4, 0.5) is 0 Å². The molecule has 3 atom stereocenters. The Morgan fingerprint density at radius 3 is 2.86 bits per heavy atom. The Morgan fingerprint density at radius 2 is 2.14 bits per heavy atom. The van der Waals surface area contributed by atoms with Gasteiger partial charge in [0.25, 0.3) is 0 Å². The predicted molar refractivity (Wildman–Crippen MR) is 80.3 cm³/mol. The molecular formula is C17H21NO4. The third kappa shape index (κ3) is 2.86. The van der Waals surface area contributed by atoms with E-state index in [-0.39, 0.29) is 30.1 Å². The van der Waals surface area contributed by atoms with E-state index in [4.69, 9.17) is 9.47 Å². The number of carbonyl (C=O) groups excluding carboxylic acids is 2. The Bertz CT molecular complexity index is 605. The van der Waals surface area contributed by atoms with Crippen LogP contribution in [0.5, 0.6) is 5.75 Å². The van der Waals surface area contributed by atoms with Crippen LogP contribution in [0.2, 0.25) is 0 Å². The number of carbonyl (C=O) groups is 2. The molecule has 118 valence electrons. The first-order valence-corrected chi connectivity index (χ1v) is 7.62. The molecule has 5 nitrogen and oxygen atoms in total. The van der Waals surface area contributed by atoms with Crippen molar-refractivity contribution in [2.24, 2.45) is 5.41 Å². The van der Waals surface area contributed by atoms with Gasteiger partial charge in [-0.1, -0.05) is 12.1 Å². The van der Waals surface area contributed by atoms with Gasteiger partial charge in [-0.05, 0) is 44.9 Å². The van der Waals surface area contributed by atoms with Crippen LogP contribution in [0.1, 0.15) is 45.3 Å². The fourth-order valence-electron chi connectivity index (χ4n) is 2.71. The molecule has 0 bridgehead atoms. The Labute approximate surface area is 130 Å². The normalized spacial score (nSPS) is 27.4. The number of nitrogens with one attached hydrogen (secondary N) is 1. The summed E-state index contributed by atoms with van der Waals surface area (Å²) in [7, 11) is 0. The van der Waals surface area contributed by atoms with Crippen molar-refractivity contribution in [2.45, 2.75) is 51.9 Å². The number of rotatable bonds is 2. The van der Waals surface area contributed by atoms with Crippen molar-refractivity contribution in [1.29, 1.82) is 0 Å². The van der Waals surface area contributed by atoms with Gasteiger partial charge in [-0.15, -0.1) is 0 Å². The Kier molecular flexibility index (Phi) is 3.68. The molecule has 1 N–H and O–H groups in total. The van der Waals surface area contributed by atoms with E-state index in [0.717, 1.165) is 12.0 Å². The number of hydrogen-bond donors (Lipinski definition) is 1. The zero-order valence-electron chi connectivity index (χ0n) is 13.1. The maximum absolute atomic E-state index is 12.0. The third-order valence-corrected chi connectivity index (χ3v) is 4.04. The summed E-state index contributed by atoms with van der Waals surface area (Å²) in [4.78, 5) is 23.5. The van der Waals surface area contributed by atoms with E-state index in [1.807, 2.05) is 39.0 Å². The van der Waals surface area contributed by atoms with Crippen molar-refractivity contribution < 1.29 is 19.1 Å². The fourth-order valence-corrected chi connectivity index (χ4v) is 2.71. The average molecular weight is 303 g/mol. The molecule has 2 aliphatic rings. The average Bonchev–Trinajstić information content (AvgIpc) is 2.42. The van der Waals surface area contributed by atoms with E-state index in [1.165, 1.54) is 0 Å². The number of piperidine rings is 1. The molecule has 3 rings (SSSR count). The molecular weight excluding hydrogens is 282 g/mol. The minimum Gasteiger partial charge on any atom is -0.426 e. The highest BCUT2D eigenvalue weighted by atomic mass is 16.5. The first kappa shape index (κ1) is 15.0. The fraction of sp³-hybridized carbons (Fsp3) is 0.529. The van der Waals surface area contributed by atoms with E-state index < -0.39 is 5.41 Å². The second kappa shape index (κ2) is 5.39. The summed E-state index contributed by atoms with van der Waals surface area (Å²) in [5, 5.41) is 2.98. The summed E-state index contributed by atoms with van der Waals surface area (Å²) in [5.41, 5.74) is 0.369. The van der Waals surface area contributed by atoms with Crippen LogP contribution in [0, 0.1) is 5.41 Å². The molecule has 1 aromatic carbocycles. The maximum atomic E-state index is 12.0. The van der Waals surface area contributed by atoms with E-state index >= 15 is 0 Å². The highest BCUT2D eigenvalue weighted by molar-refractivity contribution is 5.78. The summed E-state index contributed by atoms with van der Waals surface area (Å²) < 4.78 is 11.3. The predicted octanol–water partition coefficient (Wildman–Crippen LogP) is 2.36. The van der Waals surface area contributed by atoms with Crippen LogP contribution in [-0.2, 0) is 14.3 Å². The number of benzene rings is 1. The highest BCUT2D eigenvalue weighted by Gasteiger charge is 2.46. The molecule has 1 amide bonds. The van der Waals surface area contributed by atoms with Crippen LogP contribution in [0.15, 0.2) is 24.3 Å². The lowest BCUT2D eigenvalue weighted by Crippen LogP contribution is -2.60. The molecule has 0 unspecified atom stereocenters. The van der Waals surface area contributed by atoms with Gasteiger partial charge in [-0.3, -0.25) is 9.59 Å². The smallest absolute Gasteiger partial charge is 0.316 e. The molecule has 2 heterocycles. The summed E-state index contributed by atoms with van der Waals surface area (Å²) in [6, 6.07) is 7.35. The molecule has 1 aromatic rings. The van der Waals surface area contributed by atoms with Gasteiger partial charge < -0.3 is 14.8 Å². The molecule has 22 heavy (non-hydrogen) atoms. The van der Waals surface area contributed by atoms with Crippen LogP contribution in [0.3, 0.4) is 0 Å². The molecule has 0 saturated carbocycles. The number of ether oxygens (including phenoxy) is 2. The van der Waals surface area contributed by atoms with Gasteiger partial charge in [0.05, 0.1) is 17.6 Å². The van der Waals surface area contributed by atoms with E-state index in [0.29, 0.717) is 12.2 Å². The Hall–Kier alpha value is -1.88. The number of hydrogen-bond acceptors (Lipinski definition) is 4. The van der Waals surface area contributed by atoms with Gasteiger partial charge in [0.2, 0.25) is 5.91 Å². The van der Waals surface area contributed by atoms with Gasteiger partial charge in [0.15, 0.2) is 0 Å². The molecule has 0 radical (unpaired) electrons. The van der Waals surface area contributed by atoms with Crippen molar-refractivity contribution in [3.8, 4) is 5.75 Å². The van der Waals surface area contributed by atoms with Crippen LogP contribution in [0.25, 0.3) is 0 Å². The van der Waals surface area contributed by atoms with Gasteiger partial charge in [-0.2, -0.15) is 0 Å². The maximum Gasteiger partial charge on any atom is 0.316 e. The van der Waals surface area contributed by atoms with Crippen LogP contribution < -0.4 is 10.1 Å². The largest absolute Gasteiger partial charge is 0.426 e. The van der Waals surface area contributed by atoms with Gasteiger partial charge >= 0.3 is 5.97 Å². The monoisotopic (exact) mass is 303 g/mol. The highest BCUT2D eigenvalue weighted by Crippen LogP contribution is 2.40. The molecule has 5 heteroatoms. The lowest BCUT2D eigenvalue weighted by molar-refractivity contribution is -0.180. The number of fused-ring (bicyclic) bond motifs is 1. The van der Waals surface area contributed by atoms with E-state index in [1.54, 1.807) is 6.07 Å². The van der Waals surface area contributed by atoms with Crippen molar-refractivity contribution in [3.05, 3.63) is 29.8 Å². The minimum absolute atomic E-state index is 0.0230. The van der Waals surface area contributed by atoms with Crippen LogP contribution >= 0.6 is 0 Å². The molecule has 2 fully saturated rings. The topological polar surface area (TPSA) is 64.6 Å². The zero-order valence-corrected chi connectivity index (χ0v) is 13.1. The van der Waals surface area contributed by atoms with E-state index in [9.17, 15) is 9.59 Å². The second-order valence-corrected chi connectivity index (χ2v) is 6.94. The first-order chi connectivity index (χ1) is 10.3. The van der Waals surface area contributed by atoms with Crippen LogP contribution in [-0.4, -0.2) is 24.0 Å². The number of amides is 1. The van der Waals surface area contributed by atoms with Crippen molar-refractivity contribution >= 4 is 11.9 Å². The molecule has 0 spiro atoms. The summed E-state index contributed by atoms with van der Waals surface area (Å²) in [6.45, 7) is 5.45. The lowest BCUT2D eigenvalue weighted by atomic mass is 9.86. The SMILES string of the molecule is CC(C)(C)C(=O)Oc1cccc([C@H]2O[C@H]3CCC(=O)N[C@H]32)c1. The quantitative estimate of drug-likeness (QED) is 0.673. The van der Waals surface area contributed by atoms with Gasteiger partial charge in [0.1, 0.15) is 11.9 Å². The van der Waals surface area contributed by atoms with Crippen molar-refractivity contribution in [1.82, 2.24) is 5.32 Å². The van der Waals surface area contributed by atoms with Crippen molar-refractivity contribution in [2.75, 3.05) is 0 Å². The molecule has 2 aliphatic heterocycles. The first-order valence-electron chi connectivity index (χ1n) is 7.62. The zero-order chi connectivity index (χ0) is 15.9. The molecule has 2 saturated heterocycles. The Balaban J connectivity index is 1.72. The summed E-state index contributed by atoms with van der Waals surface area (Å²) in [5.74, 6) is 0.305. The van der Waals surface area contributed by atoms with Gasteiger partial charge in [0, 0.05) is 6.42 Å². The molecule has 0 aliphatic carbocycles. The molecule has 0 aromatic heterocycles. The van der Waals surface area contributed by atoms with Crippen molar-refractivity contribution in [3.63, 3.8) is 0 Å². The minimum atomic E-state index is -0.550. The van der Waals surface area contributed by atoms with Gasteiger partial charge in [-0.25, -0.2) is 0 Å². The third-order valence-electron chi connectivity index (χ3n) is 4.04. The summed E-state index contributed by atoms with van der Waals surface area (Å²) in [6.07, 6.45) is 1.23. The second-order valence-electron chi connectivity index (χ2n) is 6.94. The summed E-state index contributed by atoms with van der Waals surface area (Å²) >= 11 is 0. The van der Waals surface area contributed by atoms with E-state index in [2.05, 4.69) is 5.32 Å². The lowest BCUT2D eigenvalue weighted by Gasteiger charge is -2.47. The standard InChI is InChI=1S/C17H21NO4/c1-17(2,3)16(20)21-11-6-4-5-10(9-11)15-14-12(22-15)7-8-13(19)18-14/h4-6,9,12,14-15H,7-8H2,1-3H3,(H,18,19)/t12-,14+,15+/m0/s1. The number of esters is 1.